The molecular formula is C16H18FNO2. The Kier molecular flexibility index (Phi) is 4.58. The predicted octanol–water partition coefficient (Wildman–Crippen LogP) is 3.39. The molecule has 2 N–H and O–H groups in total. The van der Waals surface area contributed by atoms with Gasteiger partial charge in [-0.05, 0) is 19.1 Å². The first-order chi connectivity index (χ1) is 9.63. The highest BCUT2D eigenvalue weighted by Gasteiger charge is 2.12. The van der Waals surface area contributed by atoms with Crippen LogP contribution in [0.1, 0.15) is 24.1 Å². The van der Waals surface area contributed by atoms with Gasteiger partial charge in [0.05, 0.1) is 7.11 Å². The molecule has 0 radical (unpaired) electrons. The Morgan fingerprint density at radius 2 is 1.95 bits per heavy atom. The van der Waals surface area contributed by atoms with Gasteiger partial charge < -0.3 is 15.2 Å². The van der Waals surface area contributed by atoms with Crippen molar-refractivity contribution in [1.82, 2.24) is 5.32 Å². The summed E-state index contributed by atoms with van der Waals surface area (Å²) in [5.41, 5.74) is 1.55. The van der Waals surface area contributed by atoms with Crippen LogP contribution in [0.3, 0.4) is 0 Å². The van der Waals surface area contributed by atoms with Gasteiger partial charge in [0.1, 0.15) is 5.75 Å². The number of aromatic hydroxyl groups is 1. The summed E-state index contributed by atoms with van der Waals surface area (Å²) < 4.78 is 18.6. The highest BCUT2D eigenvalue weighted by Crippen LogP contribution is 2.26. The molecule has 3 nitrogen and oxygen atoms in total. The number of ether oxygens (including phenoxy) is 1. The third-order valence-corrected chi connectivity index (χ3v) is 3.27. The first-order valence-electron chi connectivity index (χ1n) is 6.46. The van der Waals surface area contributed by atoms with E-state index >= 15 is 0 Å². The van der Waals surface area contributed by atoms with Crippen molar-refractivity contribution in [3.05, 3.63) is 59.4 Å². The number of benzene rings is 2. The van der Waals surface area contributed by atoms with Crippen LogP contribution in [-0.4, -0.2) is 12.2 Å². The van der Waals surface area contributed by atoms with Crippen molar-refractivity contribution >= 4 is 0 Å². The Bertz CT molecular complexity index is 586. The van der Waals surface area contributed by atoms with Crippen molar-refractivity contribution < 1.29 is 14.2 Å². The summed E-state index contributed by atoms with van der Waals surface area (Å²) in [7, 11) is 1.63. The molecule has 0 aromatic heterocycles. The smallest absolute Gasteiger partial charge is 0.165 e. The second kappa shape index (κ2) is 6.39. The zero-order valence-corrected chi connectivity index (χ0v) is 11.6. The van der Waals surface area contributed by atoms with Gasteiger partial charge in [-0.2, -0.15) is 0 Å². The number of nitrogens with one attached hydrogen (secondary N) is 1. The van der Waals surface area contributed by atoms with Crippen LogP contribution >= 0.6 is 0 Å². The maximum absolute atomic E-state index is 13.2. The molecule has 0 bridgehead atoms. The second-order valence-electron chi connectivity index (χ2n) is 4.59. The summed E-state index contributed by atoms with van der Waals surface area (Å²) >= 11 is 0. The van der Waals surface area contributed by atoms with Gasteiger partial charge in [0.15, 0.2) is 11.6 Å². The van der Waals surface area contributed by atoms with E-state index in [1.165, 1.54) is 6.07 Å². The third-order valence-electron chi connectivity index (χ3n) is 3.27. The van der Waals surface area contributed by atoms with Gasteiger partial charge in [-0.15, -0.1) is 0 Å². The molecule has 0 unspecified atom stereocenters. The molecule has 0 saturated carbocycles. The van der Waals surface area contributed by atoms with Crippen molar-refractivity contribution in [2.45, 2.75) is 19.5 Å². The number of halogens is 1. The maximum Gasteiger partial charge on any atom is 0.165 e. The Balaban J connectivity index is 2.09. The molecule has 0 aliphatic carbocycles. The van der Waals surface area contributed by atoms with Crippen LogP contribution in [0.2, 0.25) is 0 Å². The van der Waals surface area contributed by atoms with Crippen molar-refractivity contribution in [3.63, 3.8) is 0 Å². The van der Waals surface area contributed by atoms with Gasteiger partial charge in [-0.25, -0.2) is 4.39 Å². The Labute approximate surface area is 118 Å². The molecule has 0 saturated heterocycles. The number of phenols is 1. The standard InChI is InChI=1S/C16H18FNO2/c1-11(13-7-3-4-9-15(13)20-2)18-10-12-6-5-8-14(17)16(12)19/h3-9,11,18-19H,10H2,1-2H3/t11-/m1/s1. The van der Waals surface area contributed by atoms with Crippen LogP contribution in [0, 0.1) is 5.82 Å². The minimum Gasteiger partial charge on any atom is -0.505 e. The SMILES string of the molecule is COc1ccccc1[C@@H](C)NCc1cccc(F)c1O. The monoisotopic (exact) mass is 275 g/mol. The van der Waals surface area contributed by atoms with Gasteiger partial charge in [0.25, 0.3) is 0 Å². The third kappa shape index (κ3) is 3.08. The van der Waals surface area contributed by atoms with Gasteiger partial charge in [0.2, 0.25) is 0 Å². The first-order valence-corrected chi connectivity index (χ1v) is 6.46. The Morgan fingerprint density at radius 3 is 2.70 bits per heavy atom. The zero-order valence-electron chi connectivity index (χ0n) is 11.6. The molecule has 0 amide bonds. The quantitative estimate of drug-likeness (QED) is 0.879. The summed E-state index contributed by atoms with van der Waals surface area (Å²) in [6.07, 6.45) is 0. The zero-order chi connectivity index (χ0) is 14.5. The van der Waals surface area contributed by atoms with Gasteiger partial charge in [0, 0.05) is 23.7 Å². The van der Waals surface area contributed by atoms with E-state index in [-0.39, 0.29) is 11.8 Å². The first kappa shape index (κ1) is 14.3. The summed E-state index contributed by atoms with van der Waals surface area (Å²) in [6, 6.07) is 12.3. The van der Waals surface area contributed by atoms with E-state index in [1.807, 2.05) is 31.2 Å². The van der Waals surface area contributed by atoms with Crippen molar-refractivity contribution in [3.8, 4) is 11.5 Å². The Morgan fingerprint density at radius 1 is 1.20 bits per heavy atom. The molecule has 0 heterocycles. The fourth-order valence-corrected chi connectivity index (χ4v) is 2.10. The molecule has 0 aliphatic heterocycles. The summed E-state index contributed by atoms with van der Waals surface area (Å²) in [5.74, 6) is -0.0996. The number of rotatable bonds is 5. The fourth-order valence-electron chi connectivity index (χ4n) is 2.10. The second-order valence-corrected chi connectivity index (χ2v) is 4.59. The van der Waals surface area contributed by atoms with Crippen LogP contribution in [0.5, 0.6) is 11.5 Å². The van der Waals surface area contributed by atoms with Crippen LogP contribution in [0.25, 0.3) is 0 Å². The number of phenolic OH excluding ortho intramolecular Hbond substituents is 1. The molecule has 106 valence electrons. The minimum atomic E-state index is -0.603. The number of para-hydroxylation sites is 2. The Hall–Kier alpha value is -2.07. The topological polar surface area (TPSA) is 41.5 Å². The normalized spacial score (nSPS) is 12.2. The molecule has 1 atom stereocenters. The number of hydrogen-bond donors (Lipinski definition) is 2. The van der Waals surface area contributed by atoms with Crippen LogP contribution in [0.15, 0.2) is 42.5 Å². The average molecular weight is 275 g/mol. The number of hydrogen-bond acceptors (Lipinski definition) is 3. The molecule has 0 fully saturated rings. The van der Waals surface area contributed by atoms with E-state index in [0.29, 0.717) is 12.1 Å². The van der Waals surface area contributed by atoms with Gasteiger partial charge in [-0.3, -0.25) is 0 Å². The molecule has 2 aromatic carbocycles. The van der Waals surface area contributed by atoms with Crippen LogP contribution in [-0.2, 0) is 6.54 Å². The summed E-state index contributed by atoms with van der Waals surface area (Å²) in [6.45, 7) is 2.37. The average Bonchev–Trinajstić information content (AvgIpc) is 2.48. The highest BCUT2D eigenvalue weighted by molar-refractivity contribution is 5.36. The van der Waals surface area contributed by atoms with E-state index in [9.17, 15) is 9.50 Å². The largest absolute Gasteiger partial charge is 0.505 e. The van der Waals surface area contributed by atoms with Crippen molar-refractivity contribution in [2.24, 2.45) is 0 Å². The van der Waals surface area contributed by atoms with Crippen LogP contribution < -0.4 is 10.1 Å². The lowest BCUT2D eigenvalue weighted by Crippen LogP contribution is -2.18. The van der Waals surface area contributed by atoms with E-state index in [4.69, 9.17) is 4.74 Å². The van der Waals surface area contributed by atoms with Gasteiger partial charge >= 0.3 is 0 Å². The van der Waals surface area contributed by atoms with Gasteiger partial charge in [-0.1, -0.05) is 30.3 Å². The summed E-state index contributed by atoms with van der Waals surface area (Å²) in [4.78, 5) is 0. The van der Waals surface area contributed by atoms with E-state index in [1.54, 1.807) is 19.2 Å². The molecule has 2 rings (SSSR count). The lowest BCUT2D eigenvalue weighted by Gasteiger charge is -2.17. The minimum absolute atomic E-state index is 0.0221. The van der Waals surface area contributed by atoms with E-state index in [2.05, 4.69) is 5.32 Å². The lowest BCUT2D eigenvalue weighted by molar-refractivity contribution is 0.399. The maximum atomic E-state index is 13.2. The molecule has 4 heteroatoms. The van der Waals surface area contributed by atoms with E-state index in [0.717, 1.165) is 11.3 Å². The van der Waals surface area contributed by atoms with Crippen molar-refractivity contribution in [2.75, 3.05) is 7.11 Å². The van der Waals surface area contributed by atoms with Crippen molar-refractivity contribution in [1.29, 1.82) is 0 Å². The predicted molar refractivity (Wildman–Crippen MR) is 76.3 cm³/mol. The highest BCUT2D eigenvalue weighted by atomic mass is 19.1. The molecule has 20 heavy (non-hydrogen) atoms. The molecule has 0 aliphatic rings. The van der Waals surface area contributed by atoms with E-state index < -0.39 is 5.82 Å². The lowest BCUT2D eigenvalue weighted by atomic mass is 10.1. The molecule has 0 spiro atoms. The van der Waals surface area contributed by atoms with Crippen LogP contribution in [0.4, 0.5) is 4.39 Å². The fraction of sp³-hybridized carbons (Fsp3) is 0.250. The molecule has 2 aromatic rings. The number of methoxy groups -OCH3 is 1. The summed E-state index contributed by atoms with van der Waals surface area (Å²) in [5, 5.41) is 12.9. The molecular weight excluding hydrogens is 257 g/mol.